The second kappa shape index (κ2) is 15.5. The molecule has 1 fully saturated rings. The minimum absolute atomic E-state index is 0.0184. The number of carbonyl (C=O) groups is 1. The number of carboxylic acid groups (broad SMARTS) is 1. The predicted octanol–water partition coefficient (Wildman–Crippen LogP) is 5.12. The molecule has 0 spiro atoms. The van der Waals surface area contributed by atoms with Crippen LogP contribution in [0.1, 0.15) is 30.1 Å². The van der Waals surface area contributed by atoms with E-state index >= 15 is 0 Å². The first-order valence-corrected chi connectivity index (χ1v) is 12.2. The van der Waals surface area contributed by atoms with E-state index < -0.39 is 12.1 Å². The van der Waals surface area contributed by atoms with Crippen LogP contribution in [-0.2, 0) is 9.53 Å². The zero-order valence-corrected chi connectivity index (χ0v) is 21.7. The fraction of sp³-hybridized carbons (Fsp3) is 0.444. The molecule has 0 aliphatic carbocycles. The van der Waals surface area contributed by atoms with Crippen LogP contribution in [0.3, 0.4) is 0 Å². The highest BCUT2D eigenvalue weighted by Gasteiger charge is 2.38. The van der Waals surface area contributed by atoms with Gasteiger partial charge < -0.3 is 19.5 Å². The molecule has 6 nitrogen and oxygen atoms in total. The van der Waals surface area contributed by atoms with Crippen LogP contribution in [0.5, 0.6) is 5.75 Å². The Morgan fingerprint density at radius 1 is 1.14 bits per heavy atom. The average Bonchev–Trinajstić information content (AvgIpc) is 2.86. The molecule has 1 aliphatic rings. The van der Waals surface area contributed by atoms with Gasteiger partial charge in [-0.1, -0.05) is 35.6 Å². The summed E-state index contributed by atoms with van der Waals surface area (Å²) in [6.07, 6.45) is -3.32. The Kier molecular flexibility index (Phi) is 12.7. The van der Waals surface area contributed by atoms with E-state index in [1.807, 2.05) is 48.5 Å². The van der Waals surface area contributed by atoms with Crippen LogP contribution >= 0.6 is 11.6 Å². The van der Waals surface area contributed by atoms with Gasteiger partial charge >= 0.3 is 12.1 Å². The molecular formula is C27H32ClF3N2O4. The maximum Gasteiger partial charge on any atom is 0.490 e. The summed E-state index contributed by atoms with van der Waals surface area (Å²) in [6.45, 7) is 5.64. The molecule has 0 aromatic heterocycles. The highest BCUT2D eigenvalue weighted by molar-refractivity contribution is 6.30. The number of ether oxygens (including phenoxy) is 2. The first kappa shape index (κ1) is 30.5. The Labute approximate surface area is 220 Å². The Morgan fingerprint density at radius 2 is 1.73 bits per heavy atom. The third-order valence-corrected chi connectivity index (χ3v) is 5.60. The fourth-order valence-electron chi connectivity index (χ4n) is 3.33. The summed E-state index contributed by atoms with van der Waals surface area (Å²) in [5, 5.41) is 7.86. The monoisotopic (exact) mass is 540 g/mol. The zero-order chi connectivity index (χ0) is 27.3. The number of benzene rings is 2. The average molecular weight is 541 g/mol. The number of morpholine rings is 1. The molecule has 0 bridgehead atoms. The largest absolute Gasteiger partial charge is 0.490 e. The van der Waals surface area contributed by atoms with Crippen molar-refractivity contribution in [2.24, 2.45) is 0 Å². The lowest BCUT2D eigenvalue weighted by Crippen LogP contribution is -2.36. The van der Waals surface area contributed by atoms with Gasteiger partial charge in [-0.15, -0.1) is 0 Å². The maximum absolute atomic E-state index is 10.6. The van der Waals surface area contributed by atoms with E-state index in [0.717, 1.165) is 74.1 Å². The lowest BCUT2D eigenvalue weighted by molar-refractivity contribution is -0.192. The van der Waals surface area contributed by atoms with Gasteiger partial charge in [-0.05, 0) is 56.1 Å². The van der Waals surface area contributed by atoms with Crippen molar-refractivity contribution in [1.29, 1.82) is 0 Å². The minimum atomic E-state index is -5.08. The van der Waals surface area contributed by atoms with Crippen molar-refractivity contribution in [1.82, 2.24) is 9.80 Å². The topological polar surface area (TPSA) is 62.2 Å². The van der Waals surface area contributed by atoms with Crippen LogP contribution < -0.4 is 4.74 Å². The van der Waals surface area contributed by atoms with Gasteiger partial charge in [0.1, 0.15) is 11.9 Å². The number of alkyl halides is 3. The van der Waals surface area contributed by atoms with E-state index in [2.05, 4.69) is 35.7 Å². The van der Waals surface area contributed by atoms with Crippen LogP contribution in [-0.4, -0.2) is 80.5 Å². The second-order valence-electron chi connectivity index (χ2n) is 8.58. The molecular weight excluding hydrogens is 509 g/mol. The first-order valence-electron chi connectivity index (χ1n) is 11.8. The molecule has 3 rings (SSSR count). The van der Waals surface area contributed by atoms with Crippen molar-refractivity contribution in [2.75, 3.05) is 53.5 Å². The van der Waals surface area contributed by atoms with E-state index in [0.29, 0.717) is 0 Å². The van der Waals surface area contributed by atoms with Crippen molar-refractivity contribution < 1.29 is 32.5 Å². The molecule has 1 heterocycles. The zero-order valence-electron chi connectivity index (χ0n) is 20.9. The van der Waals surface area contributed by atoms with Crippen LogP contribution in [0.15, 0.2) is 48.5 Å². The summed E-state index contributed by atoms with van der Waals surface area (Å²) in [6, 6.07) is 16.0. The number of hydrogen-bond acceptors (Lipinski definition) is 5. The second-order valence-corrected chi connectivity index (χ2v) is 9.02. The standard InChI is InChI=1S/C25H31ClN2O2.C2HF3O2/c1-27(2)16-14-25(22-8-10-23(26)11-9-22)30-24-12-6-21(7-13-24)5-3-4-15-28-17-19-29-20-18-28;3-2(4,5)1(6)7/h6-13,25H,4,14-20H2,1-2H3;(H,6,7). The molecule has 0 amide bonds. The van der Waals surface area contributed by atoms with E-state index in [-0.39, 0.29) is 6.10 Å². The number of rotatable bonds is 8. The van der Waals surface area contributed by atoms with Gasteiger partial charge in [0.05, 0.1) is 13.2 Å². The van der Waals surface area contributed by atoms with E-state index in [9.17, 15) is 13.2 Å². The highest BCUT2D eigenvalue weighted by atomic mass is 35.5. The van der Waals surface area contributed by atoms with E-state index in [1.165, 1.54) is 0 Å². The van der Waals surface area contributed by atoms with Crippen molar-refractivity contribution in [3.8, 4) is 17.6 Å². The van der Waals surface area contributed by atoms with Crippen LogP contribution in [0.25, 0.3) is 0 Å². The molecule has 0 saturated carbocycles. The molecule has 10 heteroatoms. The Balaban J connectivity index is 0.000000604. The van der Waals surface area contributed by atoms with Gasteiger partial charge in [-0.25, -0.2) is 4.79 Å². The van der Waals surface area contributed by atoms with E-state index in [4.69, 9.17) is 31.0 Å². The summed E-state index contributed by atoms with van der Waals surface area (Å²) < 4.78 is 43.4. The molecule has 1 N–H and O–H groups in total. The van der Waals surface area contributed by atoms with Gasteiger partial charge in [-0.3, -0.25) is 4.90 Å². The molecule has 1 atom stereocenters. The van der Waals surface area contributed by atoms with Gasteiger partial charge in [0, 0.05) is 49.6 Å². The minimum Gasteiger partial charge on any atom is -0.486 e. The number of aliphatic carboxylic acids is 1. The first-order chi connectivity index (χ1) is 17.5. The molecule has 2 aromatic carbocycles. The summed E-state index contributed by atoms with van der Waals surface area (Å²) in [5.41, 5.74) is 2.15. The van der Waals surface area contributed by atoms with Gasteiger partial charge in [0.2, 0.25) is 0 Å². The van der Waals surface area contributed by atoms with Crippen molar-refractivity contribution in [3.05, 3.63) is 64.7 Å². The molecule has 1 aliphatic heterocycles. The molecule has 0 radical (unpaired) electrons. The van der Waals surface area contributed by atoms with Gasteiger partial charge in [-0.2, -0.15) is 13.2 Å². The normalized spacial score (nSPS) is 14.7. The Morgan fingerprint density at radius 3 is 2.27 bits per heavy atom. The molecule has 2 aromatic rings. The Hall–Kier alpha value is -2.77. The summed E-state index contributed by atoms with van der Waals surface area (Å²) >= 11 is 6.05. The molecule has 202 valence electrons. The highest BCUT2D eigenvalue weighted by Crippen LogP contribution is 2.26. The number of halogens is 4. The van der Waals surface area contributed by atoms with Gasteiger partial charge in [0.15, 0.2) is 0 Å². The molecule has 37 heavy (non-hydrogen) atoms. The smallest absolute Gasteiger partial charge is 0.486 e. The number of hydrogen-bond donors (Lipinski definition) is 1. The quantitative estimate of drug-likeness (QED) is 0.469. The summed E-state index contributed by atoms with van der Waals surface area (Å²) in [5.74, 6) is 4.64. The predicted molar refractivity (Wildman–Crippen MR) is 137 cm³/mol. The SMILES string of the molecule is CN(C)CCC(Oc1ccc(C#CCCN2CCOCC2)cc1)c1ccc(Cl)cc1.O=C(O)C(F)(F)F. The van der Waals surface area contributed by atoms with Crippen LogP contribution in [0.4, 0.5) is 13.2 Å². The molecule has 1 saturated heterocycles. The third-order valence-electron chi connectivity index (χ3n) is 5.34. The van der Waals surface area contributed by atoms with Crippen LogP contribution in [0, 0.1) is 11.8 Å². The van der Waals surface area contributed by atoms with Crippen molar-refractivity contribution in [2.45, 2.75) is 25.1 Å². The van der Waals surface area contributed by atoms with E-state index in [1.54, 1.807) is 0 Å². The van der Waals surface area contributed by atoms with Gasteiger partial charge in [0.25, 0.3) is 0 Å². The number of nitrogens with zero attached hydrogens (tertiary/aromatic N) is 2. The maximum atomic E-state index is 10.6. The number of carboxylic acids is 1. The van der Waals surface area contributed by atoms with Crippen LogP contribution in [0.2, 0.25) is 5.02 Å². The Bertz CT molecular complexity index is 1010. The molecule has 1 unspecified atom stereocenters. The fourth-order valence-corrected chi connectivity index (χ4v) is 3.46. The lowest BCUT2D eigenvalue weighted by Gasteiger charge is -2.25. The lowest BCUT2D eigenvalue weighted by atomic mass is 10.1. The van der Waals surface area contributed by atoms with Crippen molar-refractivity contribution >= 4 is 17.6 Å². The van der Waals surface area contributed by atoms with Crippen molar-refractivity contribution in [3.63, 3.8) is 0 Å². The summed E-state index contributed by atoms with van der Waals surface area (Å²) in [7, 11) is 4.15. The third kappa shape index (κ3) is 12.3. The summed E-state index contributed by atoms with van der Waals surface area (Å²) in [4.78, 5) is 13.5.